The van der Waals surface area contributed by atoms with E-state index in [1.165, 1.54) is 0 Å². The maximum absolute atomic E-state index is 12.8. The molecule has 0 saturated heterocycles. The van der Waals surface area contributed by atoms with Crippen molar-refractivity contribution in [2.45, 2.75) is 10.8 Å². The van der Waals surface area contributed by atoms with E-state index in [1.54, 1.807) is 0 Å². The lowest BCUT2D eigenvalue weighted by atomic mass is 10.2. The fourth-order valence-electron chi connectivity index (χ4n) is 0.805. The maximum atomic E-state index is 12.8. The van der Waals surface area contributed by atoms with E-state index in [-0.39, 0.29) is 16.3 Å². The van der Waals surface area contributed by atoms with Crippen LogP contribution >= 0.6 is 22.3 Å². The molecule has 6 heteroatoms. The van der Waals surface area contributed by atoms with Gasteiger partial charge in [0.1, 0.15) is 5.82 Å². The molecule has 0 spiro atoms. The quantitative estimate of drug-likeness (QED) is 0.590. The Labute approximate surface area is 84.7 Å². The van der Waals surface area contributed by atoms with Crippen LogP contribution in [0.3, 0.4) is 0 Å². The van der Waals surface area contributed by atoms with Gasteiger partial charge in [0.15, 0.2) is 0 Å². The van der Waals surface area contributed by atoms with Crippen molar-refractivity contribution in [3.05, 3.63) is 29.6 Å². The molecule has 0 heterocycles. The summed E-state index contributed by atoms with van der Waals surface area (Å²) in [6.07, 6.45) is 0. The topological polar surface area (TPSA) is 34.1 Å². The number of hydrogen-bond acceptors (Lipinski definition) is 2. The molecule has 0 radical (unpaired) electrons. The smallest absolute Gasteiger partial charge is 0.207 e. The molecule has 0 aliphatic rings. The third kappa shape index (κ3) is 2.56. The Kier molecular flexibility index (Phi) is 3.16. The van der Waals surface area contributed by atoms with E-state index < -0.39 is 14.9 Å². The molecule has 0 saturated carbocycles. The summed E-state index contributed by atoms with van der Waals surface area (Å²) < 4.78 is 34.5. The Balaban J connectivity index is 3.30. The summed E-state index contributed by atoms with van der Waals surface area (Å²) in [5.74, 6) is -0.634. The first kappa shape index (κ1) is 10.8. The van der Waals surface area contributed by atoms with Gasteiger partial charge in [0, 0.05) is 16.2 Å². The molecule has 0 fully saturated rings. The molecule has 1 aromatic rings. The molecule has 0 aliphatic carbocycles. The molecule has 72 valence electrons. The molecule has 13 heavy (non-hydrogen) atoms. The standard InChI is InChI=1S/C7H5Cl2FO2S/c8-4-5-3-6(13(9,11)12)1-2-7(5)10/h1-3H,4H2. The zero-order chi connectivity index (χ0) is 10.1. The van der Waals surface area contributed by atoms with Crippen molar-refractivity contribution in [3.63, 3.8) is 0 Å². The van der Waals surface area contributed by atoms with Crippen LogP contribution in [0.5, 0.6) is 0 Å². The van der Waals surface area contributed by atoms with Crippen molar-refractivity contribution in [1.29, 1.82) is 0 Å². The lowest BCUT2D eigenvalue weighted by Crippen LogP contribution is -1.94. The van der Waals surface area contributed by atoms with Crippen LogP contribution in [0.2, 0.25) is 0 Å². The second kappa shape index (κ2) is 3.82. The van der Waals surface area contributed by atoms with Crippen molar-refractivity contribution in [1.82, 2.24) is 0 Å². The van der Waals surface area contributed by atoms with Gasteiger partial charge in [-0.15, -0.1) is 11.6 Å². The van der Waals surface area contributed by atoms with E-state index >= 15 is 0 Å². The minimum absolute atomic E-state index is 0.0912. The predicted molar refractivity (Wildman–Crippen MR) is 49.0 cm³/mol. The molecule has 1 rings (SSSR count). The number of benzene rings is 1. The Morgan fingerprint density at radius 3 is 2.46 bits per heavy atom. The molecule has 0 bridgehead atoms. The molecule has 2 nitrogen and oxygen atoms in total. The van der Waals surface area contributed by atoms with Crippen LogP contribution in [0, 0.1) is 5.82 Å². The van der Waals surface area contributed by atoms with Gasteiger partial charge in [0.2, 0.25) is 0 Å². The fraction of sp³-hybridized carbons (Fsp3) is 0.143. The van der Waals surface area contributed by atoms with Gasteiger partial charge in [-0.05, 0) is 18.2 Å². The number of alkyl halides is 1. The maximum Gasteiger partial charge on any atom is 0.261 e. The first-order chi connectivity index (χ1) is 5.95. The van der Waals surface area contributed by atoms with Gasteiger partial charge in [-0.1, -0.05) is 0 Å². The Morgan fingerprint density at radius 2 is 2.00 bits per heavy atom. The van der Waals surface area contributed by atoms with Gasteiger partial charge in [0.05, 0.1) is 10.8 Å². The molecule has 1 aromatic carbocycles. The second-order valence-electron chi connectivity index (χ2n) is 2.32. The van der Waals surface area contributed by atoms with E-state index in [1.807, 2.05) is 0 Å². The summed E-state index contributed by atoms with van der Waals surface area (Å²) >= 11 is 5.38. The van der Waals surface area contributed by atoms with E-state index in [9.17, 15) is 12.8 Å². The zero-order valence-corrected chi connectivity index (χ0v) is 8.63. The highest BCUT2D eigenvalue weighted by molar-refractivity contribution is 8.13. The summed E-state index contributed by atoms with van der Waals surface area (Å²) in [7, 11) is 1.24. The van der Waals surface area contributed by atoms with Crippen LogP contribution in [-0.2, 0) is 14.9 Å². The summed E-state index contributed by atoms with van der Waals surface area (Å²) in [4.78, 5) is -0.147. The molecule has 0 unspecified atom stereocenters. The van der Waals surface area contributed by atoms with Crippen molar-refractivity contribution >= 4 is 31.3 Å². The van der Waals surface area contributed by atoms with Crippen molar-refractivity contribution < 1.29 is 12.8 Å². The summed E-state index contributed by atoms with van der Waals surface area (Å²) in [6.45, 7) is 0. The van der Waals surface area contributed by atoms with Gasteiger partial charge < -0.3 is 0 Å². The van der Waals surface area contributed by atoms with Crippen LogP contribution in [0.15, 0.2) is 23.1 Å². The largest absolute Gasteiger partial charge is 0.261 e. The molecular formula is C7H5Cl2FO2S. The highest BCUT2D eigenvalue weighted by Crippen LogP contribution is 2.19. The monoisotopic (exact) mass is 242 g/mol. The third-order valence-corrected chi connectivity index (χ3v) is 3.08. The van der Waals surface area contributed by atoms with E-state index in [0.29, 0.717) is 0 Å². The van der Waals surface area contributed by atoms with Crippen molar-refractivity contribution in [2.75, 3.05) is 0 Å². The molecule has 0 atom stereocenters. The van der Waals surface area contributed by atoms with Crippen LogP contribution in [-0.4, -0.2) is 8.42 Å². The van der Waals surface area contributed by atoms with Gasteiger partial charge in [-0.2, -0.15) is 0 Å². The van der Waals surface area contributed by atoms with Crippen molar-refractivity contribution in [3.8, 4) is 0 Å². The fourth-order valence-corrected chi connectivity index (χ4v) is 1.81. The number of hydrogen-bond donors (Lipinski definition) is 0. The summed E-state index contributed by atoms with van der Waals surface area (Å²) in [5.41, 5.74) is 0.114. The average Bonchev–Trinajstić information content (AvgIpc) is 2.03. The van der Waals surface area contributed by atoms with Gasteiger partial charge in [0.25, 0.3) is 9.05 Å². The molecule has 0 aromatic heterocycles. The Morgan fingerprint density at radius 1 is 1.38 bits per heavy atom. The van der Waals surface area contributed by atoms with Crippen molar-refractivity contribution in [2.24, 2.45) is 0 Å². The zero-order valence-electron chi connectivity index (χ0n) is 6.30. The lowest BCUT2D eigenvalue weighted by molar-refractivity contribution is 0.604. The van der Waals surface area contributed by atoms with Crippen LogP contribution in [0.25, 0.3) is 0 Å². The molecule has 0 aliphatic heterocycles. The summed E-state index contributed by atoms with van der Waals surface area (Å²) in [5, 5.41) is 0. The van der Waals surface area contributed by atoms with Crippen LogP contribution in [0.1, 0.15) is 5.56 Å². The number of halogens is 3. The molecular weight excluding hydrogens is 238 g/mol. The van der Waals surface area contributed by atoms with Crippen LogP contribution < -0.4 is 0 Å². The molecule has 0 N–H and O–H groups in total. The van der Waals surface area contributed by atoms with Gasteiger partial charge in [-0.25, -0.2) is 12.8 Å². The molecule has 0 amide bonds. The normalized spacial score (nSPS) is 11.6. The first-order valence-electron chi connectivity index (χ1n) is 3.24. The third-order valence-electron chi connectivity index (χ3n) is 1.44. The SMILES string of the molecule is O=S(=O)(Cl)c1ccc(F)c(CCl)c1. The first-order valence-corrected chi connectivity index (χ1v) is 6.08. The predicted octanol–water partition coefficient (Wildman–Crippen LogP) is 2.49. The second-order valence-corrected chi connectivity index (χ2v) is 5.16. The minimum Gasteiger partial charge on any atom is -0.207 e. The Hall–Kier alpha value is -0.320. The summed E-state index contributed by atoms with van der Waals surface area (Å²) in [6, 6.07) is 3.23. The van der Waals surface area contributed by atoms with E-state index in [4.69, 9.17) is 22.3 Å². The highest BCUT2D eigenvalue weighted by Gasteiger charge is 2.12. The Bertz CT molecular complexity index is 417. The highest BCUT2D eigenvalue weighted by atomic mass is 35.7. The number of rotatable bonds is 2. The van der Waals surface area contributed by atoms with Gasteiger partial charge >= 0.3 is 0 Å². The minimum atomic E-state index is -3.81. The van der Waals surface area contributed by atoms with E-state index in [2.05, 4.69) is 0 Å². The van der Waals surface area contributed by atoms with E-state index in [0.717, 1.165) is 18.2 Å². The average molecular weight is 243 g/mol. The lowest BCUT2D eigenvalue weighted by Gasteiger charge is -2.00. The van der Waals surface area contributed by atoms with Gasteiger partial charge in [-0.3, -0.25) is 0 Å². The van der Waals surface area contributed by atoms with Crippen LogP contribution in [0.4, 0.5) is 4.39 Å².